The summed E-state index contributed by atoms with van der Waals surface area (Å²) in [6.45, 7) is 2.07. The molecule has 0 radical (unpaired) electrons. The molecule has 1 heterocycles. The second kappa shape index (κ2) is 4.90. The maximum Gasteiger partial charge on any atom is 0.159 e. The monoisotopic (exact) mass is 233 g/mol. The highest BCUT2D eigenvalue weighted by atomic mass is 32.1. The Labute approximate surface area is 97.7 Å². The molecule has 0 aliphatic rings. The van der Waals surface area contributed by atoms with Crippen LogP contribution in [0.2, 0.25) is 0 Å². The summed E-state index contributed by atoms with van der Waals surface area (Å²) in [7, 11) is 0. The van der Waals surface area contributed by atoms with Gasteiger partial charge in [0.1, 0.15) is 12.4 Å². The van der Waals surface area contributed by atoms with Crippen molar-refractivity contribution in [1.82, 2.24) is 4.98 Å². The number of hydrogen-bond donors (Lipinski definition) is 0. The van der Waals surface area contributed by atoms with Gasteiger partial charge < -0.3 is 4.74 Å². The lowest BCUT2D eigenvalue weighted by Crippen LogP contribution is -1.95. The number of benzene rings is 1. The van der Waals surface area contributed by atoms with Crippen LogP contribution >= 0.6 is 11.3 Å². The summed E-state index contributed by atoms with van der Waals surface area (Å²) in [5, 5.41) is 0. The maximum atomic E-state index is 11.1. The van der Waals surface area contributed by atoms with Crippen LogP contribution in [0.15, 0.2) is 36.0 Å². The summed E-state index contributed by atoms with van der Waals surface area (Å²) in [5.74, 6) is 0.826. The lowest BCUT2D eigenvalue weighted by Gasteiger charge is -2.04. The molecule has 0 aliphatic carbocycles. The van der Waals surface area contributed by atoms with Crippen molar-refractivity contribution in [3.63, 3.8) is 0 Å². The van der Waals surface area contributed by atoms with E-state index in [0.717, 1.165) is 10.6 Å². The fourth-order valence-electron chi connectivity index (χ4n) is 1.25. The molecule has 0 bridgehead atoms. The zero-order valence-corrected chi connectivity index (χ0v) is 9.66. The standard InChI is InChI=1S/C12H11NO2S/c1-9(14)10-2-4-11(5-3-10)15-7-12-6-13-8-16-12/h2-6,8H,7H2,1H3. The van der Waals surface area contributed by atoms with Gasteiger partial charge in [0.25, 0.3) is 0 Å². The summed E-state index contributed by atoms with van der Waals surface area (Å²) in [6, 6.07) is 7.14. The van der Waals surface area contributed by atoms with E-state index >= 15 is 0 Å². The first-order valence-corrected chi connectivity index (χ1v) is 5.75. The Bertz CT molecular complexity index is 462. The van der Waals surface area contributed by atoms with Crippen molar-refractivity contribution in [2.75, 3.05) is 0 Å². The molecule has 0 unspecified atom stereocenters. The van der Waals surface area contributed by atoms with Crippen molar-refractivity contribution in [3.05, 3.63) is 46.4 Å². The van der Waals surface area contributed by atoms with Gasteiger partial charge in [-0.1, -0.05) is 0 Å². The van der Waals surface area contributed by atoms with E-state index in [4.69, 9.17) is 4.74 Å². The fourth-order valence-corrected chi connectivity index (χ4v) is 1.76. The van der Waals surface area contributed by atoms with E-state index in [2.05, 4.69) is 4.98 Å². The third-order valence-electron chi connectivity index (χ3n) is 2.13. The van der Waals surface area contributed by atoms with Gasteiger partial charge in [-0.05, 0) is 31.2 Å². The average molecular weight is 233 g/mol. The molecule has 0 amide bonds. The molecule has 0 N–H and O–H groups in total. The van der Waals surface area contributed by atoms with Gasteiger partial charge in [-0.3, -0.25) is 9.78 Å². The van der Waals surface area contributed by atoms with Crippen LogP contribution in [0.25, 0.3) is 0 Å². The number of ketones is 1. The first kappa shape index (κ1) is 10.8. The third-order valence-corrected chi connectivity index (χ3v) is 2.88. The van der Waals surface area contributed by atoms with Crippen LogP contribution in [0.1, 0.15) is 22.2 Å². The zero-order chi connectivity index (χ0) is 11.4. The largest absolute Gasteiger partial charge is 0.488 e. The molecule has 0 fully saturated rings. The predicted octanol–water partition coefficient (Wildman–Crippen LogP) is 2.92. The molecule has 82 valence electrons. The van der Waals surface area contributed by atoms with Gasteiger partial charge in [0, 0.05) is 11.8 Å². The fraction of sp³-hybridized carbons (Fsp3) is 0.167. The van der Waals surface area contributed by atoms with Gasteiger partial charge in [0.15, 0.2) is 5.78 Å². The number of aromatic nitrogens is 1. The van der Waals surface area contributed by atoms with Crippen molar-refractivity contribution in [3.8, 4) is 5.75 Å². The van der Waals surface area contributed by atoms with Gasteiger partial charge in [0.05, 0.1) is 10.4 Å². The molecule has 16 heavy (non-hydrogen) atoms. The Morgan fingerprint density at radius 1 is 1.38 bits per heavy atom. The Hall–Kier alpha value is -1.68. The van der Waals surface area contributed by atoms with Crippen LogP contribution in [-0.4, -0.2) is 10.8 Å². The van der Waals surface area contributed by atoms with Crippen LogP contribution in [0.3, 0.4) is 0 Å². The van der Waals surface area contributed by atoms with Crippen LogP contribution in [0.4, 0.5) is 0 Å². The van der Waals surface area contributed by atoms with Crippen LogP contribution < -0.4 is 4.74 Å². The molecular formula is C12H11NO2S. The van der Waals surface area contributed by atoms with Crippen molar-refractivity contribution in [2.24, 2.45) is 0 Å². The Balaban J connectivity index is 1.98. The summed E-state index contributed by atoms with van der Waals surface area (Å²) in [6.07, 6.45) is 1.79. The number of ether oxygens (including phenoxy) is 1. The second-order valence-corrected chi connectivity index (χ2v) is 4.31. The van der Waals surface area contributed by atoms with E-state index < -0.39 is 0 Å². The predicted molar refractivity (Wildman–Crippen MR) is 62.9 cm³/mol. The SMILES string of the molecule is CC(=O)c1ccc(OCc2cncs2)cc1. The number of carbonyl (C=O) groups is 1. The van der Waals surface area contributed by atoms with E-state index in [0.29, 0.717) is 12.2 Å². The summed E-state index contributed by atoms with van der Waals surface area (Å²) in [5.41, 5.74) is 2.47. The summed E-state index contributed by atoms with van der Waals surface area (Å²) < 4.78 is 5.54. The number of carbonyl (C=O) groups excluding carboxylic acids is 1. The average Bonchev–Trinajstić information content (AvgIpc) is 2.80. The van der Waals surface area contributed by atoms with Crippen LogP contribution in [0.5, 0.6) is 5.75 Å². The van der Waals surface area contributed by atoms with Gasteiger partial charge in [-0.2, -0.15) is 0 Å². The van der Waals surface area contributed by atoms with Crippen molar-refractivity contribution >= 4 is 17.1 Å². The summed E-state index contributed by atoms with van der Waals surface area (Å²) >= 11 is 1.56. The highest BCUT2D eigenvalue weighted by Gasteiger charge is 2.00. The van der Waals surface area contributed by atoms with E-state index in [9.17, 15) is 4.79 Å². The Morgan fingerprint density at radius 3 is 2.69 bits per heavy atom. The minimum absolute atomic E-state index is 0.0639. The van der Waals surface area contributed by atoms with E-state index in [-0.39, 0.29) is 5.78 Å². The number of Topliss-reactive ketones (excluding diaryl/α,β-unsaturated/α-hetero) is 1. The minimum Gasteiger partial charge on any atom is -0.488 e. The molecule has 3 nitrogen and oxygen atoms in total. The Kier molecular flexibility index (Phi) is 3.31. The molecule has 0 atom stereocenters. The lowest BCUT2D eigenvalue weighted by atomic mass is 10.1. The molecule has 2 aromatic rings. The quantitative estimate of drug-likeness (QED) is 0.762. The molecule has 1 aromatic heterocycles. The van der Waals surface area contributed by atoms with E-state index in [1.807, 2.05) is 0 Å². The topological polar surface area (TPSA) is 39.2 Å². The molecule has 0 saturated carbocycles. The number of nitrogens with zero attached hydrogens (tertiary/aromatic N) is 1. The van der Waals surface area contributed by atoms with Crippen LogP contribution in [0, 0.1) is 0 Å². The maximum absolute atomic E-state index is 11.1. The first-order valence-electron chi connectivity index (χ1n) is 4.87. The van der Waals surface area contributed by atoms with E-state index in [1.54, 1.807) is 54.2 Å². The van der Waals surface area contributed by atoms with Crippen molar-refractivity contribution in [2.45, 2.75) is 13.5 Å². The number of thiazole rings is 1. The molecule has 4 heteroatoms. The van der Waals surface area contributed by atoms with Crippen molar-refractivity contribution < 1.29 is 9.53 Å². The normalized spacial score (nSPS) is 10.1. The molecule has 1 aromatic carbocycles. The highest BCUT2D eigenvalue weighted by molar-refractivity contribution is 7.09. The summed E-state index contributed by atoms with van der Waals surface area (Å²) in [4.78, 5) is 16.1. The van der Waals surface area contributed by atoms with Crippen molar-refractivity contribution in [1.29, 1.82) is 0 Å². The van der Waals surface area contributed by atoms with E-state index in [1.165, 1.54) is 0 Å². The molecule has 0 saturated heterocycles. The molecular weight excluding hydrogens is 222 g/mol. The number of hydrogen-bond acceptors (Lipinski definition) is 4. The zero-order valence-electron chi connectivity index (χ0n) is 8.84. The minimum atomic E-state index is 0.0639. The smallest absolute Gasteiger partial charge is 0.159 e. The second-order valence-electron chi connectivity index (χ2n) is 3.34. The Morgan fingerprint density at radius 2 is 2.12 bits per heavy atom. The molecule has 0 aliphatic heterocycles. The van der Waals surface area contributed by atoms with Gasteiger partial charge in [0.2, 0.25) is 0 Å². The third kappa shape index (κ3) is 2.67. The van der Waals surface area contributed by atoms with Gasteiger partial charge >= 0.3 is 0 Å². The molecule has 0 spiro atoms. The van der Waals surface area contributed by atoms with Gasteiger partial charge in [-0.15, -0.1) is 11.3 Å². The first-order chi connectivity index (χ1) is 7.75. The van der Waals surface area contributed by atoms with Gasteiger partial charge in [-0.25, -0.2) is 0 Å². The van der Waals surface area contributed by atoms with Crippen LogP contribution in [-0.2, 0) is 6.61 Å². The lowest BCUT2D eigenvalue weighted by molar-refractivity contribution is 0.101. The molecule has 2 rings (SSSR count). The highest BCUT2D eigenvalue weighted by Crippen LogP contribution is 2.15. The number of rotatable bonds is 4.